The molecule has 0 spiro atoms. The molecule has 0 bridgehead atoms. The van der Waals surface area contributed by atoms with Gasteiger partial charge in [0.25, 0.3) is 0 Å². The molecule has 1 atom stereocenters. The molecule has 1 saturated heterocycles. The van der Waals surface area contributed by atoms with Crippen LogP contribution in [0.3, 0.4) is 0 Å². The lowest BCUT2D eigenvalue weighted by Gasteiger charge is -2.16. The SMILES string of the molecule is CC1(C)CC(S(C)(=O)=O)CN1.Cl. The van der Waals surface area contributed by atoms with Crippen LogP contribution < -0.4 is 5.32 Å². The van der Waals surface area contributed by atoms with E-state index in [-0.39, 0.29) is 23.2 Å². The Morgan fingerprint density at radius 1 is 1.42 bits per heavy atom. The van der Waals surface area contributed by atoms with E-state index in [2.05, 4.69) is 5.32 Å². The second-order valence-corrected chi connectivity index (χ2v) is 6.25. The number of hydrogen-bond donors (Lipinski definition) is 1. The predicted molar refractivity (Wildman–Crippen MR) is 52.6 cm³/mol. The van der Waals surface area contributed by atoms with Gasteiger partial charge in [0.1, 0.15) is 0 Å². The lowest BCUT2D eigenvalue weighted by Crippen LogP contribution is -2.31. The summed E-state index contributed by atoms with van der Waals surface area (Å²) in [6.45, 7) is 4.65. The Morgan fingerprint density at radius 3 is 2.08 bits per heavy atom. The normalized spacial score (nSPS) is 28.1. The molecule has 0 aliphatic carbocycles. The first-order chi connectivity index (χ1) is 4.81. The maximum Gasteiger partial charge on any atom is 0.151 e. The van der Waals surface area contributed by atoms with Crippen LogP contribution in [0.15, 0.2) is 0 Å². The third kappa shape index (κ3) is 2.92. The van der Waals surface area contributed by atoms with Crippen molar-refractivity contribution in [2.24, 2.45) is 0 Å². The quantitative estimate of drug-likeness (QED) is 0.694. The van der Waals surface area contributed by atoms with Crippen molar-refractivity contribution in [1.82, 2.24) is 5.32 Å². The zero-order chi connectivity index (χ0) is 8.70. The third-order valence-corrected chi connectivity index (χ3v) is 3.70. The van der Waals surface area contributed by atoms with Crippen LogP contribution >= 0.6 is 12.4 Å². The fourth-order valence-electron chi connectivity index (χ4n) is 1.41. The van der Waals surface area contributed by atoms with Gasteiger partial charge in [-0.3, -0.25) is 0 Å². The molecule has 1 aliphatic rings. The lowest BCUT2D eigenvalue weighted by atomic mass is 10.0. The van der Waals surface area contributed by atoms with Gasteiger partial charge in [-0.1, -0.05) is 0 Å². The van der Waals surface area contributed by atoms with Crippen LogP contribution in [0.1, 0.15) is 20.3 Å². The Labute approximate surface area is 80.3 Å². The minimum Gasteiger partial charge on any atom is -0.310 e. The Hall–Kier alpha value is 0.200. The highest BCUT2D eigenvalue weighted by molar-refractivity contribution is 7.91. The van der Waals surface area contributed by atoms with Crippen LogP contribution in [0.25, 0.3) is 0 Å². The van der Waals surface area contributed by atoms with Gasteiger partial charge >= 0.3 is 0 Å². The van der Waals surface area contributed by atoms with Crippen LogP contribution in [0, 0.1) is 0 Å². The summed E-state index contributed by atoms with van der Waals surface area (Å²) in [6.07, 6.45) is 2.03. The van der Waals surface area contributed by atoms with Gasteiger partial charge in [-0.25, -0.2) is 8.42 Å². The van der Waals surface area contributed by atoms with Crippen LogP contribution in [-0.2, 0) is 9.84 Å². The van der Waals surface area contributed by atoms with Crippen LogP contribution in [-0.4, -0.2) is 32.0 Å². The summed E-state index contributed by atoms with van der Waals surface area (Å²) >= 11 is 0. The van der Waals surface area contributed by atoms with E-state index in [1.54, 1.807) is 0 Å². The molecule has 0 aromatic rings. The molecule has 0 radical (unpaired) electrons. The van der Waals surface area contributed by atoms with Crippen LogP contribution in [0.5, 0.6) is 0 Å². The van der Waals surface area contributed by atoms with Crippen molar-refractivity contribution in [2.75, 3.05) is 12.8 Å². The van der Waals surface area contributed by atoms with Crippen molar-refractivity contribution < 1.29 is 8.42 Å². The molecule has 0 saturated carbocycles. The summed E-state index contributed by atoms with van der Waals surface area (Å²) in [5.41, 5.74) is -0.00620. The fourth-order valence-corrected chi connectivity index (χ4v) is 2.51. The Bertz CT molecular complexity index is 248. The molecule has 12 heavy (non-hydrogen) atoms. The Morgan fingerprint density at radius 2 is 1.92 bits per heavy atom. The van der Waals surface area contributed by atoms with Gasteiger partial charge in [0.2, 0.25) is 0 Å². The van der Waals surface area contributed by atoms with Gasteiger partial charge in [-0.2, -0.15) is 0 Å². The lowest BCUT2D eigenvalue weighted by molar-refractivity contribution is 0.459. The molecule has 0 aromatic heterocycles. The molecule has 5 heteroatoms. The van der Waals surface area contributed by atoms with E-state index in [0.717, 1.165) is 6.42 Å². The molecule has 1 aliphatic heterocycles. The first-order valence-electron chi connectivity index (χ1n) is 3.75. The Kier molecular flexibility index (Phi) is 3.58. The average Bonchev–Trinajstić information content (AvgIpc) is 2.07. The molecular formula is C7H16ClNO2S. The highest BCUT2D eigenvalue weighted by atomic mass is 35.5. The standard InChI is InChI=1S/C7H15NO2S.ClH/c1-7(2)4-6(5-8-7)11(3,9)10;/h6,8H,4-5H2,1-3H3;1H. The first kappa shape index (κ1) is 12.2. The number of hydrogen-bond acceptors (Lipinski definition) is 3. The molecule has 3 nitrogen and oxygen atoms in total. The summed E-state index contributed by atoms with van der Waals surface area (Å²) in [7, 11) is -2.84. The summed E-state index contributed by atoms with van der Waals surface area (Å²) in [6, 6.07) is 0. The summed E-state index contributed by atoms with van der Waals surface area (Å²) in [5.74, 6) is 0. The summed E-state index contributed by atoms with van der Waals surface area (Å²) < 4.78 is 22.2. The smallest absolute Gasteiger partial charge is 0.151 e. The zero-order valence-electron chi connectivity index (χ0n) is 7.62. The van der Waals surface area contributed by atoms with Gasteiger partial charge in [-0.15, -0.1) is 12.4 Å². The van der Waals surface area contributed by atoms with Gasteiger partial charge < -0.3 is 5.32 Å². The molecule has 0 amide bonds. The fraction of sp³-hybridized carbons (Fsp3) is 1.00. The second kappa shape index (κ2) is 3.52. The van der Waals surface area contributed by atoms with Crippen molar-refractivity contribution in [3.63, 3.8) is 0 Å². The van der Waals surface area contributed by atoms with E-state index in [1.807, 2.05) is 13.8 Å². The first-order valence-corrected chi connectivity index (χ1v) is 5.71. The van der Waals surface area contributed by atoms with Gasteiger partial charge in [-0.05, 0) is 20.3 Å². The number of sulfone groups is 1. The monoisotopic (exact) mass is 213 g/mol. The van der Waals surface area contributed by atoms with Gasteiger partial charge in [0.15, 0.2) is 9.84 Å². The summed E-state index contributed by atoms with van der Waals surface area (Å²) in [5, 5.41) is 2.99. The minimum absolute atomic E-state index is 0. The molecule has 1 N–H and O–H groups in total. The van der Waals surface area contributed by atoms with Gasteiger partial charge in [0.05, 0.1) is 5.25 Å². The van der Waals surface area contributed by atoms with E-state index in [1.165, 1.54) is 6.26 Å². The van der Waals surface area contributed by atoms with E-state index in [9.17, 15) is 8.42 Å². The van der Waals surface area contributed by atoms with Crippen molar-refractivity contribution in [3.05, 3.63) is 0 Å². The van der Waals surface area contributed by atoms with Crippen LogP contribution in [0.2, 0.25) is 0 Å². The van der Waals surface area contributed by atoms with Crippen molar-refractivity contribution in [3.8, 4) is 0 Å². The average molecular weight is 214 g/mol. The highest BCUT2D eigenvalue weighted by Crippen LogP contribution is 2.22. The van der Waals surface area contributed by atoms with Crippen molar-refractivity contribution in [2.45, 2.75) is 31.1 Å². The zero-order valence-corrected chi connectivity index (χ0v) is 9.26. The van der Waals surface area contributed by atoms with E-state index in [0.29, 0.717) is 6.54 Å². The molecule has 1 rings (SSSR count). The second-order valence-electron chi connectivity index (χ2n) is 3.92. The topological polar surface area (TPSA) is 46.2 Å². The Balaban J connectivity index is 0.00000121. The van der Waals surface area contributed by atoms with Gasteiger partial charge in [0, 0.05) is 18.3 Å². The molecular weight excluding hydrogens is 198 g/mol. The molecule has 1 heterocycles. The van der Waals surface area contributed by atoms with E-state index >= 15 is 0 Å². The minimum atomic E-state index is -2.84. The summed E-state index contributed by atoms with van der Waals surface area (Å²) in [4.78, 5) is 0. The van der Waals surface area contributed by atoms with Crippen LogP contribution in [0.4, 0.5) is 0 Å². The maximum atomic E-state index is 11.1. The van der Waals surface area contributed by atoms with E-state index in [4.69, 9.17) is 0 Å². The number of rotatable bonds is 1. The molecule has 1 unspecified atom stereocenters. The third-order valence-electron chi connectivity index (χ3n) is 2.15. The number of halogens is 1. The van der Waals surface area contributed by atoms with E-state index < -0.39 is 9.84 Å². The number of nitrogens with one attached hydrogen (secondary N) is 1. The maximum absolute atomic E-state index is 11.1. The van der Waals surface area contributed by atoms with Crippen molar-refractivity contribution >= 4 is 22.2 Å². The predicted octanol–water partition coefficient (Wildman–Crippen LogP) is 0.593. The largest absolute Gasteiger partial charge is 0.310 e. The van der Waals surface area contributed by atoms with Crippen molar-refractivity contribution in [1.29, 1.82) is 0 Å². The molecule has 1 fully saturated rings. The molecule has 74 valence electrons. The molecule has 0 aromatic carbocycles. The highest BCUT2D eigenvalue weighted by Gasteiger charge is 2.35.